The summed E-state index contributed by atoms with van der Waals surface area (Å²) in [4.78, 5) is 2.30. The van der Waals surface area contributed by atoms with Crippen molar-refractivity contribution in [1.29, 1.82) is 0 Å². The molecule has 1 aromatic rings. The summed E-state index contributed by atoms with van der Waals surface area (Å²) in [6.07, 6.45) is 1.19. The van der Waals surface area contributed by atoms with E-state index in [1.54, 1.807) is 12.1 Å². The van der Waals surface area contributed by atoms with Gasteiger partial charge < -0.3 is 5.73 Å². The van der Waals surface area contributed by atoms with Gasteiger partial charge in [0.2, 0.25) is 0 Å². The first-order valence-electron chi connectivity index (χ1n) is 6.08. The molecule has 1 aliphatic heterocycles. The Kier molecular flexibility index (Phi) is 4.90. The molecular weight excluding hydrogens is 271 g/mol. The molecule has 0 aromatic heterocycles. The van der Waals surface area contributed by atoms with E-state index in [0.29, 0.717) is 12.6 Å². The molecule has 18 heavy (non-hydrogen) atoms. The van der Waals surface area contributed by atoms with Crippen LogP contribution in [0.2, 0.25) is 5.02 Å². The van der Waals surface area contributed by atoms with Crippen molar-refractivity contribution in [3.05, 3.63) is 34.6 Å². The van der Waals surface area contributed by atoms with Gasteiger partial charge in [0.1, 0.15) is 5.82 Å². The van der Waals surface area contributed by atoms with Crippen LogP contribution in [0.15, 0.2) is 18.2 Å². The third kappa shape index (κ3) is 2.99. The topological polar surface area (TPSA) is 29.3 Å². The maximum atomic E-state index is 13.2. The van der Waals surface area contributed by atoms with Crippen LogP contribution in [0.1, 0.15) is 18.0 Å². The van der Waals surface area contributed by atoms with E-state index >= 15 is 0 Å². The average Bonchev–Trinajstić information content (AvgIpc) is 2.88. The lowest BCUT2D eigenvalue weighted by molar-refractivity contribution is 0.193. The van der Waals surface area contributed by atoms with Crippen LogP contribution in [-0.2, 0) is 0 Å². The lowest BCUT2D eigenvalue weighted by atomic mass is 10.0. The Bertz CT molecular complexity index is 410. The Morgan fingerprint density at radius 3 is 2.94 bits per heavy atom. The molecule has 1 saturated heterocycles. The molecule has 1 heterocycles. The second-order valence-corrected chi connectivity index (χ2v) is 6.16. The maximum Gasteiger partial charge on any atom is 0.141 e. The summed E-state index contributed by atoms with van der Waals surface area (Å²) in [6, 6.07) is 5.53. The zero-order valence-electron chi connectivity index (χ0n) is 10.4. The van der Waals surface area contributed by atoms with Crippen LogP contribution in [0.4, 0.5) is 4.39 Å². The van der Waals surface area contributed by atoms with Crippen LogP contribution in [0, 0.1) is 5.82 Å². The summed E-state index contributed by atoms with van der Waals surface area (Å²) in [5.74, 6) is 1.97. The first kappa shape index (κ1) is 14.1. The van der Waals surface area contributed by atoms with Crippen molar-refractivity contribution in [2.75, 3.05) is 25.1 Å². The number of hydrogen-bond acceptors (Lipinski definition) is 3. The average molecular weight is 289 g/mol. The molecule has 2 atom stereocenters. The minimum atomic E-state index is -0.379. The maximum absolute atomic E-state index is 13.2. The quantitative estimate of drug-likeness (QED) is 0.924. The van der Waals surface area contributed by atoms with Gasteiger partial charge in [-0.2, -0.15) is 11.8 Å². The molecule has 0 amide bonds. The summed E-state index contributed by atoms with van der Waals surface area (Å²) in [7, 11) is 2.09. The van der Waals surface area contributed by atoms with Gasteiger partial charge in [0.15, 0.2) is 0 Å². The van der Waals surface area contributed by atoms with E-state index in [0.717, 1.165) is 11.3 Å². The second-order valence-electron chi connectivity index (χ2n) is 4.61. The second kappa shape index (κ2) is 6.24. The molecule has 2 nitrogen and oxygen atoms in total. The highest BCUT2D eigenvalue weighted by Gasteiger charge is 2.26. The largest absolute Gasteiger partial charge is 0.329 e. The summed E-state index contributed by atoms with van der Waals surface area (Å²) in [5.41, 5.74) is 6.87. The highest BCUT2D eigenvalue weighted by atomic mass is 35.5. The first-order chi connectivity index (χ1) is 8.63. The number of likely N-dealkylation sites (N-methyl/N-ethyl adjacent to an activating group) is 1. The van der Waals surface area contributed by atoms with E-state index in [4.69, 9.17) is 17.3 Å². The van der Waals surface area contributed by atoms with Gasteiger partial charge in [-0.05, 0) is 36.9 Å². The number of nitrogens with two attached hydrogens (primary N) is 1. The molecule has 2 rings (SSSR count). The van der Waals surface area contributed by atoms with Crippen molar-refractivity contribution in [2.45, 2.75) is 18.5 Å². The molecule has 0 aliphatic carbocycles. The summed E-state index contributed by atoms with van der Waals surface area (Å²) in [5, 5.41) is 0.167. The van der Waals surface area contributed by atoms with E-state index < -0.39 is 0 Å². The van der Waals surface area contributed by atoms with Gasteiger partial charge in [-0.15, -0.1) is 0 Å². The van der Waals surface area contributed by atoms with Crippen LogP contribution in [0.5, 0.6) is 0 Å². The molecule has 0 spiro atoms. The van der Waals surface area contributed by atoms with Crippen molar-refractivity contribution < 1.29 is 4.39 Å². The van der Waals surface area contributed by atoms with Gasteiger partial charge in [-0.3, -0.25) is 4.90 Å². The Hall–Kier alpha value is -0.290. The summed E-state index contributed by atoms with van der Waals surface area (Å²) < 4.78 is 13.2. The molecule has 100 valence electrons. The number of halogens is 2. The van der Waals surface area contributed by atoms with Crippen molar-refractivity contribution in [3.63, 3.8) is 0 Å². The zero-order valence-corrected chi connectivity index (χ0v) is 12.0. The predicted octanol–water partition coefficient (Wildman–Crippen LogP) is 2.92. The number of nitrogens with zero attached hydrogens (tertiary/aromatic N) is 1. The number of thioether (sulfide) groups is 1. The van der Waals surface area contributed by atoms with Gasteiger partial charge in [-0.1, -0.05) is 17.7 Å². The third-order valence-electron chi connectivity index (χ3n) is 3.52. The molecule has 2 unspecified atom stereocenters. The van der Waals surface area contributed by atoms with Gasteiger partial charge in [-0.25, -0.2) is 4.39 Å². The standard InChI is InChI=1S/C13H18ClFN2S/c1-17(10-4-5-18-8-10)13(7-16)9-2-3-12(15)11(14)6-9/h2-3,6,10,13H,4-5,7-8,16H2,1H3. The number of benzene rings is 1. The fraction of sp³-hybridized carbons (Fsp3) is 0.538. The van der Waals surface area contributed by atoms with E-state index in [1.807, 2.05) is 11.8 Å². The number of rotatable bonds is 4. The minimum Gasteiger partial charge on any atom is -0.329 e. The fourth-order valence-corrected chi connectivity index (χ4v) is 3.82. The lowest BCUT2D eigenvalue weighted by Crippen LogP contribution is -2.38. The lowest BCUT2D eigenvalue weighted by Gasteiger charge is -2.32. The molecule has 5 heteroatoms. The Morgan fingerprint density at radius 1 is 1.61 bits per heavy atom. The summed E-state index contributed by atoms with van der Waals surface area (Å²) in [6.45, 7) is 0.514. The van der Waals surface area contributed by atoms with Crippen LogP contribution in [0.25, 0.3) is 0 Å². The van der Waals surface area contributed by atoms with Crippen LogP contribution < -0.4 is 5.73 Å². The zero-order chi connectivity index (χ0) is 13.1. The third-order valence-corrected chi connectivity index (χ3v) is 4.96. The van der Waals surface area contributed by atoms with Crippen LogP contribution in [-0.4, -0.2) is 36.0 Å². The Morgan fingerprint density at radius 2 is 2.39 bits per heavy atom. The molecule has 1 fully saturated rings. The molecule has 1 aromatic carbocycles. The van der Waals surface area contributed by atoms with Crippen molar-refractivity contribution in [1.82, 2.24) is 4.90 Å². The van der Waals surface area contributed by atoms with Crippen LogP contribution in [0.3, 0.4) is 0 Å². The molecule has 2 N–H and O–H groups in total. The van der Waals surface area contributed by atoms with Gasteiger partial charge in [0.05, 0.1) is 5.02 Å². The smallest absolute Gasteiger partial charge is 0.141 e. The predicted molar refractivity (Wildman–Crippen MR) is 76.7 cm³/mol. The van der Waals surface area contributed by atoms with Gasteiger partial charge >= 0.3 is 0 Å². The van der Waals surface area contributed by atoms with Crippen molar-refractivity contribution in [3.8, 4) is 0 Å². The monoisotopic (exact) mass is 288 g/mol. The summed E-state index contributed by atoms with van der Waals surface area (Å²) >= 11 is 7.81. The van der Waals surface area contributed by atoms with E-state index in [-0.39, 0.29) is 16.9 Å². The first-order valence-corrected chi connectivity index (χ1v) is 7.61. The Balaban J connectivity index is 2.18. The van der Waals surface area contributed by atoms with E-state index in [2.05, 4.69) is 11.9 Å². The van der Waals surface area contributed by atoms with E-state index in [1.165, 1.54) is 18.2 Å². The molecule has 1 aliphatic rings. The van der Waals surface area contributed by atoms with Crippen molar-refractivity contribution in [2.24, 2.45) is 5.73 Å². The SMILES string of the molecule is CN(C1CCSC1)C(CN)c1ccc(F)c(Cl)c1. The highest BCUT2D eigenvalue weighted by Crippen LogP contribution is 2.29. The van der Waals surface area contributed by atoms with Crippen molar-refractivity contribution >= 4 is 23.4 Å². The molecule has 0 radical (unpaired) electrons. The molecular formula is C13H18ClFN2S. The van der Waals surface area contributed by atoms with Gasteiger partial charge in [0.25, 0.3) is 0 Å². The van der Waals surface area contributed by atoms with Gasteiger partial charge in [0, 0.05) is 24.4 Å². The van der Waals surface area contributed by atoms with Crippen LogP contribution >= 0.6 is 23.4 Å². The number of hydrogen-bond donors (Lipinski definition) is 1. The fourth-order valence-electron chi connectivity index (χ4n) is 2.35. The van der Waals surface area contributed by atoms with E-state index in [9.17, 15) is 4.39 Å². The molecule has 0 bridgehead atoms. The highest BCUT2D eigenvalue weighted by molar-refractivity contribution is 7.99. The minimum absolute atomic E-state index is 0.104. The molecule has 0 saturated carbocycles. The Labute approximate surface area is 117 Å². The normalized spacial score (nSPS) is 21.5.